The van der Waals surface area contributed by atoms with Crippen molar-refractivity contribution in [2.45, 2.75) is 49.9 Å². The maximum absolute atomic E-state index is 12.9. The third-order valence-corrected chi connectivity index (χ3v) is 7.13. The van der Waals surface area contributed by atoms with Crippen LogP contribution in [0.3, 0.4) is 0 Å². The van der Waals surface area contributed by atoms with Gasteiger partial charge in [0.15, 0.2) is 0 Å². The second-order valence-corrected chi connectivity index (χ2v) is 9.65. The van der Waals surface area contributed by atoms with Crippen molar-refractivity contribution in [2.75, 3.05) is 6.54 Å². The standard InChI is InChI=1S/C20H24Cl2N2O2/c21-16-4-2-1-3-15(16)10-23-17(25)11-24-18(26)19-6-13-5-14(7-19)9-20(22,8-13)12-19/h1-4,13-14H,5-12H2,(H,23,25)(H,24,26)/t13-,14+,19?,20?. The molecule has 4 aliphatic rings. The predicted octanol–water partition coefficient (Wildman–Crippen LogP) is 3.65. The average Bonchev–Trinajstić information content (AvgIpc) is 2.56. The fourth-order valence-corrected chi connectivity index (χ4v) is 6.56. The van der Waals surface area contributed by atoms with Crippen LogP contribution in [0.5, 0.6) is 0 Å². The molecule has 4 fully saturated rings. The lowest BCUT2D eigenvalue weighted by molar-refractivity contribution is -0.145. The highest BCUT2D eigenvalue weighted by Gasteiger charge is 2.59. The zero-order valence-electron chi connectivity index (χ0n) is 14.7. The van der Waals surface area contributed by atoms with E-state index in [4.69, 9.17) is 23.2 Å². The van der Waals surface area contributed by atoms with Crippen molar-refractivity contribution >= 4 is 35.0 Å². The number of hydrogen-bond acceptors (Lipinski definition) is 2. The molecule has 4 atom stereocenters. The highest BCUT2D eigenvalue weighted by atomic mass is 35.5. The van der Waals surface area contributed by atoms with Gasteiger partial charge < -0.3 is 10.6 Å². The topological polar surface area (TPSA) is 58.2 Å². The van der Waals surface area contributed by atoms with Gasteiger partial charge >= 0.3 is 0 Å². The first-order chi connectivity index (χ1) is 12.4. The van der Waals surface area contributed by atoms with Gasteiger partial charge in [0, 0.05) is 16.4 Å². The van der Waals surface area contributed by atoms with Crippen LogP contribution in [0.25, 0.3) is 0 Å². The van der Waals surface area contributed by atoms with E-state index >= 15 is 0 Å². The molecule has 1 aromatic rings. The lowest BCUT2D eigenvalue weighted by atomic mass is 9.49. The van der Waals surface area contributed by atoms with Crippen LogP contribution in [-0.2, 0) is 16.1 Å². The smallest absolute Gasteiger partial charge is 0.239 e. The minimum Gasteiger partial charge on any atom is -0.350 e. The van der Waals surface area contributed by atoms with Crippen LogP contribution < -0.4 is 10.6 Å². The molecule has 0 aliphatic heterocycles. The van der Waals surface area contributed by atoms with Crippen molar-refractivity contribution in [1.82, 2.24) is 10.6 Å². The van der Waals surface area contributed by atoms with Crippen LogP contribution in [0.1, 0.15) is 44.1 Å². The lowest BCUT2D eigenvalue weighted by Gasteiger charge is -2.59. The first kappa shape index (κ1) is 18.1. The first-order valence-electron chi connectivity index (χ1n) is 9.35. The number of hydrogen-bond donors (Lipinski definition) is 2. The zero-order chi connectivity index (χ0) is 18.4. The summed E-state index contributed by atoms with van der Waals surface area (Å²) in [5.74, 6) is 0.926. The number of amides is 2. The Morgan fingerprint density at radius 2 is 1.77 bits per heavy atom. The number of carbonyl (C=O) groups excluding carboxylic acids is 2. The molecule has 26 heavy (non-hydrogen) atoms. The Balaban J connectivity index is 1.31. The van der Waals surface area contributed by atoms with Crippen molar-refractivity contribution in [3.8, 4) is 0 Å². The Morgan fingerprint density at radius 1 is 1.08 bits per heavy atom. The van der Waals surface area contributed by atoms with Gasteiger partial charge in [0.1, 0.15) is 0 Å². The molecule has 2 unspecified atom stereocenters. The van der Waals surface area contributed by atoms with Gasteiger partial charge in [-0.05, 0) is 62.0 Å². The van der Waals surface area contributed by atoms with Crippen molar-refractivity contribution < 1.29 is 9.59 Å². The molecular formula is C20H24Cl2N2O2. The van der Waals surface area contributed by atoms with Crippen molar-refractivity contribution in [3.63, 3.8) is 0 Å². The van der Waals surface area contributed by atoms with Gasteiger partial charge in [-0.3, -0.25) is 9.59 Å². The summed E-state index contributed by atoms with van der Waals surface area (Å²) in [6.07, 6.45) is 5.89. The average molecular weight is 395 g/mol. The normalized spacial score (nSPS) is 34.5. The molecule has 0 aromatic heterocycles. The summed E-state index contributed by atoms with van der Waals surface area (Å²) in [6, 6.07) is 7.39. The quantitative estimate of drug-likeness (QED) is 0.748. The minimum absolute atomic E-state index is 0.00418. The molecule has 5 rings (SSSR count). The van der Waals surface area contributed by atoms with E-state index in [-0.39, 0.29) is 28.6 Å². The van der Waals surface area contributed by atoms with E-state index in [1.54, 1.807) is 6.07 Å². The largest absolute Gasteiger partial charge is 0.350 e. The van der Waals surface area contributed by atoms with E-state index in [9.17, 15) is 9.59 Å². The molecule has 2 N–H and O–H groups in total. The van der Waals surface area contributed by atoms with E-state index in [1.165, 1.54) is 6.42 Å². The monoisotopic (exact) mass is 394 g/mol. The van der Waals surface area contributed by atoms with Crippen LogP contribution in [0.15, 0.2) is 24.3 Å². The summed E-state index contributed by atoms with van der Waals surface area (Å²) >= 11 is 12.9. The second-order valence-electron chi connectivity index (χ2n) is 8.44. The van der Waals surface area contributed by atoms with E-state index in [0.29, 0.717) is 23.4 Å². The first-order valence-corrected chi connectivity index (χ1v) is 10.1. The van der Waals surface area contributed by atoms with Crippen LogP contribution in [0, 0.1) is 17.3 Å². The Kier molecular flexibility index (Phi) is 4.68. The predicted molar refractivity (Wildman–Crippen MR) is 102 cm³/mol. The summed E-state index contributed by atoms with van der Waals surface area (Å²) in [5.41, 5.74) is 0.494. The van der Waals surface area contributed by atoms with Crippen LogP contribution in [0.4, 0.5) is 0 Å². The van der Waals surface area contributed by atoms with Gasteiger partial charge in [-0.1, -0.05) is 29.8 Å². The Hall–Kier alpha value is -1.26. The van der Waals surface area contributed by atoms with Gasteiger partial charge in [-0.2, -0.15) is 0 Å². The number of rotatable bonds is 5. The zero-order valence-corrected chi connectivity index (χ0v) is 16.2. The number of benzene rings is 1. The maximum Gasteiger partial charge on any atom is 0.239 e. The summed E-state index contributed by atoms with van der Waals surface area (Å²) in [4.78, 5) is 24.8. The molecule has 0 radical (unpaired) electrons. The molecule has 4 nitrogen and oxygen atoms in total. The molecule has 4 bridgehead atoms. The lowest BCUT2D eigenvalue weighted by Crippen LogP contribution is -2.59. The molecule has 6 heteroatoms. The molecular weight excluding hydrogens is 371 g/mol. The summed E-state index contributed by atoms with van der Waals surface area (Å²) in [6.45, 7) is 0.351. The number of halogens is 2. The van der Waals surface area contributed by atoms with Gasteiger partial charge in [0.2, 0.25) is 11.8 Å². The maximum atomic E-state index is 12.9. The van der Waals surface area contributed by atoms with E-state index in [2.05, 4.69) is 10.6 Å². The number of nitrogens with one attached hydrogen (secondary N) is 2. The summed E-state index contributed by atoms with van der Waals surface area (Å²) < 4.78 is 0. The fourth-order valence-electron chi connectivity index (χ4n) is 5.66. The van der Waals surface area contributed by atoms with E-state index in [1.807, 2.05) is 18.2 Å². The SMILES string of the molecule is O=C(CNC(=O)C12C[C@@H]3C[C@@H](CC(Cl)(C3)C1)C2)NCc1ccccc1Cl. The molecule has 0 saturated heterocycles. The Morgan fingerprint density at radius 3 is 2.42 bits per heavy atom. The number of carbonyl (C=O) groups is 2. The summed E-state index contributed by atoms with van der Waals surface area (Å²) in [5, 5.41) is 6.30. The molecule has 4 aliphatic carbocycles. The van der Waals surface area contributed by atoms with E-state index in [0.717, 1.165) is 37.7 Å². The third kappa shape index (κ3) is 3.46. The van der Waals surface area contributed by atoms with Gasteiger partial charge in [-0.15, -0.1) is 11.6 Å². The highest BCUT2D eigenvalue weighted by molar-refractivity contribution is 6.31. The molecule has 0 spiro atoms. The summed E-state index contributed by atoms with van der Waals surface area (Å²) in [7, 11) is 0. The minimum atomic E-state index is -0.366. The fraction of sp³-hybridized carbons (Fsp3) is 0.600. The Labute approximate surface area is 164 Å². The van der Waals surface area contributed by atoms with Gasteiger partial charge in [0.25, 0.3) is 0 Å². The Bertz CT molecular complexity index is 722. The van der Waals surface area contributed by atoms with Crippen LogP contribution in [0.2, 0.25) is 5.02 Å². The molecule has 4 saturated carbocycles. The molecule has 140 valence electrons. The van der Waals surface area contributed by atoms with E-state index < -0.39 is 0 Å². The van der Waals surface area contributed by atoms with Crippen molar-refractivity contribution in [1.29, 1.82) is 0 Å². The number of alkyl halides is 1. The van der Waals surface area contributed by atoms with Gasteiger partial charge in [0.05, 0.1) is 12.0 Å². The second kappa shape index (κ2) is 6.72. The van der Waals surface area contributed by atoms with Crippen molar-refractivity contribution in [2.24, 2.45) is 17.3 Å². The molecule has 1 aromatic carbocycles. The van der Waals surface area contributed by atoms with Gasteiger partial charge in [-0.25, -0.2) is 0 Å². The third-order valence-electron chi connectivity index (χ3n) is 6.31. The highest BCUT2D eigenvalue weighted by Crippen LogP contribution is 2.63. The van der Waals surface area contributed by atoms with Crippen molar-refractivity contribution in [3.05, 3.63) is 34.9 Å². The van der Waals surface area contributed by atoms with Crippen LogP contribution in [-0.4, -0.2) is 23.2 Å². The van der Waals surface area contributed by atoms with Crippen LogP contribution >= 0.6 is 23.2 Å². The molecule has 0 heterocycles. The molecule has 2 amide bonds.